The normalized spacial score (nSPS) is 14.2. The maximum atomic E-state index is 12.5. The van der Waals surface area contributed by atoms with Gasteiger partial charge in [0.25, 0.3) is 0 Å². The van der Waals surface area contributed by atoms with Gasteiger partial charge in [-0.2, -0.15) is 0 Å². The van der Waals surface area contributed by atoms with E-state index in [1.807, 2.05) is 46.8 Å². The Labute approximate surface area is 214 Å². The van der Waals surface area contributed by atoms with E-state index in [-0.39, 0.29) is 17.4 Å². The zero-order valence-corrected chi connectivity index (χ0v) is 22.9. The summed E-state index contributed by atoms with van der Waals surface area (Å²) in [6, 6.07) is 1.58. The van der Waals surface area contributed by atoms with Gasteiger partial charge >= 0.3 is 6.09 Å². The van der Waals surface area contributed by atoms with Crippen molar-refractivity contribution in [3.05, 3.63) is 58.9 Å². The molecule has 0 spiro atoms. The van der Waals surface area contributed by atoms with Crippen molar-refractivity contribution in [3.63, 3.8) is 0 Å². The largest absolute Gasteiger partial charge is 0.444 e. The van der Waals surface area contributed by atoms with Gasteiger partial charge in [0.1, 0.15) is 23.6 Å². The van der Waals surface area contributed by atoms with E-state index in [0.717, 1.165) is 17.6 Å². The maximum Gasteiger partial charge on any atom is 0.413 e. The number of hydrogen-bond donors (Lipinski definition) is 3. The molecule has 1 rings (SSSR count). The van der Waals surface area contributed by atoms with Crippen molar-refractivity contribution in [3.8, 4) is 0 Å². The Morgan fingerprint density at radius 2 is 1.83 bits per heavy atom. The molecule has 196 valence electrons. The number of amidine groups is 1. The van der Waals surface area contributed by atoms with Crippen LogP contribution in [-0.2, 0) is 9.53 Å². The first kappa shape index (κ1) is 30.3. The van der Waals surface area contributed by atoms with E-state index in [9.17, 15) is 9.59 Å². The van der Waals surface area contributed by atoms with Crippen LogP contribution >= 0.6 is 0 Å². The highest BCUT2D eigenvalue weighted by molar-refractivity contribution is 6.21. The number of nitrogens with one attached hydrogen (secondary N) is 2. The van der Waals surface area contributed by atoms with E-state index in [4.69, 9.17) is 10.5 Å². The number of amides is 1. The molecule has 0 saturated carbocycles. The lowest BCUT2D eigenvalue weighted by atomic mass is 9.98. The smallest absolute Gasteiger partial charge is 0.413 e. The van der Waals surface area contributed by atoms with Crippen LogP contribution in [-0.4, -0.2) is 40.3 Å². The number of allylic oxidation sites excluding steroid dienone is 5. The second-order valence-electron chi connectivity index (χ2n) is 9.08. The zero-order valence-electron chi connectivity index (χ0n) is 22.9. The summed E-state index contributed by atoms with van der Waals surface area (Å²) in [7, 11) is 1.73. The first-order valence-corrected chi connectivity index (χ1v) is 12.0. The molecule has 0 aliphatic heterocycles. The van der Waals surface area contributed by atoms with Crippen molar-refractivity contribution in [2.24, 2.45) is 10.7 Å². The number of hydrogen-bond acceptors (Lipinski definition) is 7. The Bertz CT molecular complexity index is 1100. The zero-order chi connectivity index (χ0) is 27.5. The first-order chi connectivity index (χ1) is 16.9. The number of Topliss-reactive ketones (excluding diaryl/α,β-unsaturated/α-hetero) is 1. The summed E-state index contributed by atoms with van der Waals surface area (Å²) >= 11 is 0. The molecular formula is C27H40N6O3. The second-order valence-corrected chi connectivity index (χ2v) is 9.08. The van der Waals surface area contributed by atoms with E-state index in [0.29, 0.717) is 29.0 Å². The predicted molar refractivity (Wildman–Crippen MR) is 146 cm³/mol. The van der Waals surface area contributed by atoms with Gasteiger partial charge in [0.05, 0.1) is 17.0 Å². The van der Waals surface area contributed by atoms with Crippen molar-refractivity contribution in [2.75, 3.05) is 12.4 Å². The number of rotatable bonds is 10. The molecule has 9 heteroatoms. The Hall–Kier alpha value is -3.75. The number of aromatic nitrogens is 2. The summed E-state index contributed by atoms with van der Waals surface area (Å²) in [5.41, 5.74) is 9.88. The van der Waals surface area contributed by atoms with E-state index < -0.39 is 11.7 Å². The fourth-order valence-electron chi connectivity index (χ4n) is 3.09. The Morgan fingerprint density at radius 3 is 2.36 bits per heavy atom. The lowest BCUT2D eigenvalue weighted by molar-refractivity contribution is -0.115. The summed E-state index contributed by atoms with van der Waals surface area (Å²) < 4.78 is 5.28. The van der Waals surface area contributed by atoms with E-state index in [1.165, 1.54) is 6.33 Å². The van der Waals surface area contributed by atoms with Gasteiger partial charge in [-0.15, -0.1) is 0 Å². The number of aliphatic imine (C=N–C) groups is 1. The molecule has 36 heavy (non-hydrogen) atoms. The minimum absolute atomic E-state index is 0.0860. The van der Waals surface area contributed by atoms with Crippen LogP contribution in [0.1, 0.15) is 73.9 Å². The van der Waals surface area contributed by atoms with Gasteiger partial charge in [0.2, 0.25) is 0 Å². The summed E-state index contributed by atoms with van der Waals surface area (Å²) in [4.78, 5) is 37.6. The monoisotopic (exact) mass is 496 g/mol. The van der Waals surface area contributed by atoms with Crippen molar-refractivity contribution in [2.45, 2.75) is 73.8 Å². The maximum absolute atomic E-state index is 12.5. The third-order valence-corrected chi connectivity index (χ3v) is 5.03. The Kier molecular flexibility index (Phi) is 11.7. The highest BCUT2D eigenvalue weighted by Gasteiger charge is 2.18. The summed E-state index contributed by atoms with van der Waals surface area (Å²) in [6.45, 7) is 14.9. The molecule has 0 aliphatic rings. The van der Waals surface area contributed by atoms with Gasteiger partial charge in [0.15, 0.2) is 5.78 Å². The number of carbonyl (C=O) groups excluding carboxylic acids is 2. The van der Waals surface area contributed by atoms with Gasteiger partial charge < -0.3 is 15.8 Å². The molecule has 1 amide bonds. The molecule has 9 nitrogen and oxygen atoms in total. The van der Waals surface area contributed by atoms with E-state index in [2.05, 4.69) is 25.6 Å². The molecule has 0 aromatic carbocycles. The fourth-order valence-corrected chi connectivity index (χ4v) is 3.09. The Morgan fingerprint density at radius 1 is 1.17 bits per heavy atom. The molecular weight excluding hydrogens is 456 g/mol. The SMILES string of the molecule is C/C=C(/N=C(N)\C(=C/NC)c1cc(NC(=O)OC(C)(C)C)ncn1)C(\C)=C/C(C(=O)CC)=C(\C)CC. The minimum Gasteiger partial charge on any atom is -0.444 e. The lowest BCUT2D eigenvalue weighted by Gasteiger charge is -2.19. The van der Waals surface area contributed by atoms with Crippen LogP contribution in [0.3, 0.4) is 0 Å². The average Bonchev–Trinajstić information content (AvgIpc) is 2.81. The summed E-state index contributed by atoms with van der Waals surface area (Å²) in [5.74, 6) is 0.545. The van der Waals surface area contributed by atoms with Crippen molar-refractivity contribution < 1.29 is 14.3 Å². The molecule has 1 aromatic heterocycles. The summed E-state index contributed by atoms with van der Waals surface area (Å²) in [5, 5.41) is 5.56. The molecule has 0 atom stereocenters. The van der Waals surface area contributed by atoms with Crippen molar-refractivity contribution in [1.82, 2.24) is 15.3 Å². The van der Waals surface area contributed by atoms with Crippen LogP contribution in [0.15, 0.2) is 58.2 Å². The van der Waals surface area contributed by atoms with Gasteiger partial charge in [-0.3, -0.25) is 10.1 Å². The van der Waals surface area contributed by atoms with Crippen molar-refractivity contribution in [1.29, 1.82) is 0 Å². The predicted octanol–water partition coefficient (Wildman–Crippen LogP) is 5.30. The van der Waals surface area contributed by atoms with Gasteiger partial charge in [0, 0.05) is 31.3 Å². The molecule has 0 aliphatic carbocycles. The minimum atomic E-state index is -0.644. The van der Waals surface area contributed by atoms with Crippen molar-refractivity contribution >= 4 is 29.1 Å². The number of nitrogens with two attached hydrogens (primary N) is 1. The number of ether oxygens (including phenoxy) is 1. The van der Waals surface area contributed by atoms with Crippen LogP contribution in [0.4, 0.5) is 10.6 Å². The quantitative estimate of drug-likeness (QED) is 0.173. The molecule has 0 unspecified atom stereocenters. The summed E-state index contributed by atoms with van der Waals surface area (Å²) in [6.07, 6.45) is 7.27. The van der Waals surface area contributed by atoms with Gasteiger partial charge in [-0.1, -0.05) is 25.5 Å². The van der Waals surface area contributed by atoms with E-state index >= 15 is 0 Å². The molecule has 1 aromatic rings. The lowest BCUT2D eigenvalue weighted by Crippen LogP contribution is -2.27. The number of ketones is 1. The third-order valence-electron chi connectivity index (χ3n) is 5.03. The molecule has 1 heterocycles. The van der Waals surface area contributed by atoms with Crippen LogP contribution in [0, 0.1) is 0 Å². The average molecular weight is 497 g/mol. The van der Waals surface area contributed by atoms with Gasteiger partial charge in [-0.25, -0.2) is 19.8 Å². The third kappa shape index (κ3) is 9.48. The standard InChI is InChI=1S/C27H40N6O3/c1-10-17(4)19(23(34)12-3)13-18(5)21(11-2)32-25(28)20(15-29-9)22-14-24(31-16-30-22)33-26(35)36-27(6,7)8/h11,13-16,29H,10,12H2,1-9H3,(H2,28,32)(H,30,31,33,35)/b18-13-,19-17-,20-15-,21-11+. The van der Waals surface area contributed by atoms with Crippen LogP contribution < -0.4 is 16.4 Å². The number of carbonyl (C=O) groups is 2. The molecule has 0 bridgehead atoms. The van der Waals surface area contributed by atoms with Gasteiger partial charge in [-0.05, 0) is 59.6 Å². The van der Waals surface area contributed by atoms with Crippen LogP contribution in [0.5, 0.6) is 0 Å². The Balaban J connectivity index is 3.37. The highest BCUT2D eigenvalue weighted by Crippen LogP contribution is 2.21. The topological polar surface area (TPSA) is 132 Å². The molecule has 0 saturated heterocycles. The molecule has 0 fully saturated rings. The van der Waals surface area contributed by atoms with Crippen LogP contribution in [0.25, 0.3) is 5.57 Å². The van der Waals surface area contributed by atoms with E-state index in [1.54, 1.807) is 40.1 Å². The first-order valence-electron chi connectivity index (χ1n) is 12.0. The van der Waals surface area contributed by atoms with Crippen LogP contribution in [0.2, 0.25) is 0 Å². The number of anilines is 1. The molecule has 0 radical (unpaired) electrons. The highest BCUT2D eigenvalue weighted by atomic mass is 16.6. The number of nitrogens with zero attached hydrogens (tertiary/aromatic N) is 3. The fraction of sp³-hybridized carbons (Fsp3) is 0.444. The molecule has 4 N–H and O–H groups in total. The second kappa shape index (κ2) is 14.0.